The number of nitrogens with one attached hydrogen (secondary N) is 2. The number of hydrogen-bond donors (Lipinski definition) is 2. The van der Waals surface area contributed by atoms with E-state index in [1.807, 2.05) is 18.2 Å². The number of guanidine groups is 1. The largest absolute Gasteiger partial charge is 0.389 e. The van der Waals surface area contributed by atoms with Crippen LogP contribution in [0, 0.1) is 0 Å². The van der Waals surface area contributed by atoms with Gasteiger partial charge in [0, 0.05) is 26.6 Å². The van der Waals surface area contributed by atoms with Crippen LogP contribution in [-0.2, 0) is 0 Å². The van der Waals surface area contributed by atoms with Crippen molar-refractivity contribution < 1.29 is 13.2 Å². The van der Waals surface area contributed by atoms with Crippen LogP contribution in [0.25, 0.3) is 0 Å². The van der Waals surface area contributed by atoms with E-state index >= 15 is 0 Å². The van der Waals surface area contributed by atoms with Gasteiger partial charge in [0.2, 0.25) is 0 Å². The van der Waals surface area contributed by atoms with Crippen molar-refractivity contribution in [3.05, 3.63) is 35.9 Å². The fourth-order valence-electron chi connectivity index (χ4n) is 3.26. The Bertz CT molecular complexity index is 539. The monoisotopic (exact) mass is 370 g/mol. The molecule has 0 aromatic heterocycles. The average molecular weight is 370 g/mol. The summed E-state index contributed by atoms with van der Waals surface area (Å²) in [6.45, 7) is 3.37. The van der Waals surface area contributed by atoms with Gasteiger partial charge in [0.25, 0.3) is 0 Å². The van der Waals surface area contributed by atoms with Crippen LogP contribution in [0.15, 0.2) is 35.3 Å². The predicted octanol–water partition coefficient (Wildman–Crippen LogP) is 3.72. The molecule has 1 unspecified atom stereocenters. The molecule has 1 heterocycles. The van der Waals surface area contributed by atoms with Crippen molar-refractivity contribution in [2.75, 3.05) is 33.2 Å². The number of alkyl halides is 3. The molecular weight excluding hydrogens is 341 g/mol. The quantitative estimate of drug-likeness (QED) is 0.416. The van der Waals surface area contributed by atoms with Crippen LogP contribution in [0.3, 0.4) is 0 Å². The highest BCUT2D eigenvalue weighted by molar-refractivity contribution is 5.79. The number of rotatable bonds is 8. The van der Waals surface area contributed by atoms with E-state index < -0.39 is 12.6 Å². The second-order valence-corrected chi connectivity index (χ2v) is 6.62. The lowest BCUT2D eigenvalue weighted by Crippen LogP contribution is -2.43. The third-order valence-corrected chi connectivity index (χ3v) is 4.63. The number of nitrogens with zero attached hydrogens (tertiary/aromatic N) is 2. The number of unbranched alkanes of at least 4 members (excludes halogenated alkanes) is 1. The summed E-state index contributed by atoms with van der Waals surface area (Å²) in [5, 5.41) is 6.43. The minimum atomic E-state index is -4.07. The Hall–Kier alpha value is -1.76. The molecule has 2 N–H and O–H groups in total. The SMILES string of the molecule is CN=C(NCCCCC(F)(F)F)NCC(c1ccccc1)N1CCCC1. The summed E-state index contributed by atoms with van der Waals surface area (Å²) < 4.78 is 36.5. The van der Waals surface area contributed by atoms with Gasteiger partial charge in [-0.3, -0.25) is 9.89 Å². The van der Waals surface area contributed by atoms with Crippen molar-refractivity contribution in [3.63, 3.8) is 0 Å². The smallest absolute Gasteiger partial charge is 0.356 e. The van der Waals surface area contributed by atoms with E-state index in [2.05, 4.69) is 32.7 Å². The molecule has 1 atom stereocenters. The lowest BCUT2D eigenvalue weighted by molar-refractivity contribution is -0.135. The van der Waals surface area contributed by atoms with Gasteiger partial charge in [-0.25, -0.2) is 0 Å². The Morgan fingerprint density at radius 1 is 1.12 bits per heavy atom. The molecule has 0 radical (unpaired) electrons. The second kappa shape index (κ2) is 10.4. The highest BCUT2D eigenvalue weighted by Crippen LogP contribution is 2.24. The first kappa shape index (κ1) is 20.6. The highest BCUT2D eigenvalue weighted by Gasteiger charge is 2.26. The average Bonchev–Trinajstić information content (AvgIpc) is 3.14. The zero-order valence-electron chi connectivity index (χ0n) is 15.4. The number of benzene rings is 1. The summed E-state index contributed by atoms with van der Waals surface area (Å²) in [6, 6.07) is 10.6. The molecule has 0 spiro atoms. The Balaban J connectivity index is 1.80. The standard InChI is InChI=1S/C19H29F3N4/c1-23-18(24-12-6-5-11-19(20,21)22)25-15-17(26-13-7-8-14-26)16-9-3-2-4-10-16/h2-4,9-10,17H,5-8,11-15H2,1H3,(H2,23,24,25). The zero-order chi connectivity index (χ0) is 18.8. The summed E-state index contributed by atoms with van der Waals surface area (Å²) in [5.41, 5.74) is 1.27. The van der Waals surface area contributed by atoms with Gasteiger partial charge >= 0.3 is 6.18 Å². The van der Waals surface area contributed by atoms with Crippen molar-refractivity contribution >= 4 is 5.96 Å². The van der Waals surface area contributed by atoms with E-state index in [1.165, 1.54) is 18.4 Å². The van der Waals surface area contributed by atoms with Gasteiger partial charge in [-0.1, -0.05) is 30.3 Å². The lowest BCUT2D eigenvalue weighted by Gasteiger charge is -2.29. The van der Waals surface area contributed by atoms with Gasteiger partial charge in [0.1, 0.15) is 0 Å². The Labute approximate surface area is 153 Å². The number of likely N-dealkylation sites (tertiary alicyclic amines) is 1. The van der Waals surface area contributed by atoms with Crippen molar-refractivity contribution in [2.45, 2.75) is 44.3 Å². The van der Waals surface area contributed by atoms with Gasteiger partial charge in [0.05, 0.1) is 6.04 Å². The van der Waals surface area contributed by atoms with E-state index in [4.69, 9.17) is 0 Å². The molecular formula is C19H29F3N4. The van der Waals surface area contributed by atoms with Crippen LogP contribution in [0.1, 0.15) is 43.7 Å². The summed E-state index contributed by atoms with van der Waals surface area (Å²) in [7, 11) is 1.68. The maximum Gasteiger partial charge on any atom is 0.389 e. The van der Waals surface area contributed by atoms with Gasteiger partial charge in [0.15, 0.2) is 5.96 Å². The number of halogens is 3. The third-order valence-electron chi connectivity index (χ3n) is 4.63. The molecule has 0 saturated carbocycles. The zero-order valence-corrected chi connectivity index (χ0v) is 15.4. The fourth-order valence-corrected chi connectivity index (χ4v) is 3.26. The maximum absolute atomic E-state index is 12.2. The summed E-state index contributed by atoms with van der Waals surface area (Å²) >= 11 is 0. The minimum absolute atomic E-state index is 0.133. The molecule has 2 rings (SSSR count). The van der Waals surface area contributed by atoms with Crippen LogP contribution in [0.4, 0.5) is 13.2 Å². The molecule has 1 aliphatic rings. The van der Waals surface area contributed by atoms with Crippen molar-refractivity contribution in [1.82, 2.24) is 15.5 Å². The Kier molecular flexibility index (Phi) is 8.22. The maximum atomic E-state index is 12.2. The Morgan fingerprint density at radius 2 is 1.81 bits per heavy atom. The summed E-state index contributed by atoms with van der Waals surface area (Å²) in [6.07, 6.45) is -1.77. The van der Waals surface area contributed by atoms with Crippen LogP contribution in [0.2, 0.25) is 0 Å². The third kappa shape index (κ3) is 7.23. The van der Waals surface area contributed by atoms with E-state index in [0.29, 0.717) is 25.5 Å². The van der Waals surface area contributed by atoms with Crippen molar-refractivity contribution in [1.29, 1.82) is 0 Å². The van der Waals surface area contributed by atoms with E-state index in [-0.39, 0.29) is 12.5 Å². The van der Waals surface area contributed by atoms with E-state index in [9.17, 15) is 13.2 Å². The van der Waals surface area contributed by atoms with Gasteiger partial charge in [-0.2, -0.15) is 13.2 Å². The fraction of sp³-hybridized carbons (Fsp3) is 0.632. The van der Waals surface area contributed by atoms with Gasteiger partial charge in [-0.05, 0) is 44.3 Å². The minimum Gasteiger partial charge on any atom is -0.356 e. The van der Waals surface area contributed by atoms with Crippen molar-refractivity contribution in [3.8, 4) is 0 Å². The van der Waals surface area contributed by atoms with Gasteiger partial charge in [-0.15, -0.1) is 0 Å². The number of hydrogen-bond acceptors (Lipinski definition) is 2. The molecule has 26 heavy (non-hydrogen) atoms. The van der Waals surface area contributed by atoms with E-state index in [0.717, 1.165) is 13.1 Å². The molecule has 0 bridgehead atoms. The molecule has 1 saturated heterocycles. The van der Waals surface area contributed by atoms with Crippen LogP contribution in [-0.4, -0.2) is 50.3 Å². The second-order valence-electron chi connectivity index (χ2n) is 6.62. The Morgan fingerprint density at radius 3 is 2.42 bits per heavy atom. The molecule has 4 nitrogen and oxygen atoms in total. The molecule has 7 heteroatoms. The molecule has 1 aliphatic heterocycles. The molecule has 1 aromatic carbocycles. The predicted molar refractivity (Wildman–Crippen MR) is 99.3 cm³/mol. The summed E-state index contributed by atoms with van der Waals surface area (Å²) in [4.78, 5) is 6.65. The first-order valence-electron chi connectivity index (χ1n) is 9.30. The molecule has 146 valence electrons. The van der Waals surface area contributed by atoms with Gasteiger partial charge < -0.3 is 10.6 Å². The number of aliphatic imine (C=N–C) groups is 1. The van der Waals surface area contributed by atoms with Crippen molar-refractivity contribution in [2.24, 2.45) is 4.99 Å². The normalized spacial score (nSPS) is 17.3. The lowest BCUT2D eigenvalue weighted by atomic mass is 10.1. The summed E-state index contributed by atoms with van der Waals surface area (Å²) in [5.74, 6) is 0.636. The highest BCUT2D eigenvalue weighted by atomic mass is 19.4. The van der Waals surface area contributed by atoms with Crippen LogP contribution < -0.4 is 10.6 Å². The van der Waals surface area contributed by atoms with Crippen LogP contribution in [0.5, 0.6) is 0 Å². The molecule has 0 aliphatic carbocycles. The first-order chi connectivity index (χ1) is 12.5. The molecule has 1 fully saturated rings. The molecule has 1 aromatic rings. The van der Waals surface area contributed by atoms with Crippen LogP contribution >= 0.6 is 0 Å². The topological polar surface area (TPSA) is 39.7 Å². The first-order valence-corrected chi connectivity index (χ1v) is 9.30. The van der Waals surface area contributed by atoms with E-state index in [1.54, 1.807) is 7.05 Å². The molecule has 0 amide bonds.